The summed E-state index contributed by atoms with van der Waals surface area (Å²) in [7, 11) is 0. The van der Waals surface area contributed by atoms with Gasteiger partial charge in [0, 0.05) is 11.4 Å². The first-order chi connectivity index (χ1) is 10.8. The molecule has 110 valence electrons. The quantitative estimate of drug-likeness (QED) is 0.652. The highest BCUT2D eigenvalue weighted by molar-refractivity contribution is 5.67. The van der Waals surface area contributed by atoms with Gasteiger partial charge in [-0.05, 0) is 41.6 Å². The fraction of sp³-hybridized carbons (Fsp3) is 0. The number of nitrogens with one attached hydrogen (secondary N) is 1. The Kier molecular flexibility index (Phi) is 5.82. The largest absolute Gasteiger partial charge is 0.399 e. The fourth-order valence-corrected chi connectivity index (χ4v) is 1.94. The molecule has 3 aromatic rings. The number of rotatable bonds is 3. The molecule has 0 saturated carbocycles. The molecule has 22 heavy (non-hydrogen) atoms. The summed E-state index contributed by atoms with van der Waals surface area (Å²) in [6.45, 7) is 3.62. The molecule has 0 atom stereocenters. The Morgan fingerprint density at radius 3 is 1.50 bits per heavy atom. The van der Waals surface area contributed by atoms with Gasteiger partial charge in [0.05, 0.1) is 0 Å². The second-order valence-corrected chi connectivity index (χ2v) is 4.70. The number of nitrogens with two attached hydrogens (primary N) is 1. The van der Waals surface area contributed by atoms with Crippen LogP contribution in [0.1, 0.15) is 0 Å². The van der Waals surface area contributed by atoms with Gasteiger partial charge in [0.1, 0.15) is 0 Å². The molecule has 0 radical (unpaired) electrons. The average Bonchev–Trinajstić information content (AvgIpc) is 2.59. The van der Waals surface area contributed by atoms with Gasteiger partial charge in [0.25, 0.3) is 0 Å². The molecule has 0 aliphatic heterocycles. The first kappa shape index (κ1) is 15.4. The van der Waals surface area contributed by atoms with Crippen molar-refractivity contribution < 1.29 is 0 Å². The predicted molar refractivity (Wildman–Crippen MR) is 96.6 cm³/mol. The minimum Gasteiger partial charge on any atom is -0.399 e. The van der Waals surface area contributed by atoms with Crippen LogP contribution in [0, 0.1) is 0 Å². The zero-order valence-electron chi connectivity index (χ0n) is 12.4. The maximum Gasteiger partial charge on any atom is 0.0379 e. The number of hydrogen-bond acceptors (Lipinski definition) is 2. The third-order valence-corrected chi connectivity index (χ3v) is 3.06. The van der Waals surface area contributed by atoms with Crippen LogP contribution in [0.25, 0.3) is 11.1 Å². The molecule has 2 nitrogen and oxygen atoms in total. The average molecular weight is 288 g/mol. The lowest BCUT2D eigenvalue weighted by molar-refractivity contribution is 1.57. The van der Waals surface area contributed by atoms with Gasteiger partial charge >= 0.3 is 0 Å². The fourth-order valence-electron chi connectivity index (χ4n) is 1.94. The van der Waals surface area contributed by atoms with Crippen LogP contribution >= 0.6 is 0 Å². The van der Waals surface area contributed by atoms with Crippen molar-refractivity contribution in [2.75, 3.05) is 11.1 Å². The third-order valence-electron chi connectivity index (χ3n) is 3.06. The molecule has 3 N–H and O–H groups in total. The van der Waals surface area contributed by atoms with E-state index in [1.807, 2.05) is 72.8 Å². The van der Waals surface area contributed by atoms with Gasteiger partial charge in [-0.25, -0.2) is 0 Å². The van der Waals surface area contributed by atoms with Crippen molar-refractivity contribution in [1.29, 1.82) is 0 Å². The van der Waals surface area contributed by atoms with Crippen molar-refractivity contribution in [1.82, 2.24) is 0 Å². The normalized spacial score (nSPS) is 9.27. The molecule has 0 unspecified atom stereocenters. The molecule has 3 rings (SSSR count). The summed E-state index contributed by atoms with van der Waals surface area (Å²) in [5.41, 5.74) is 9.81. The molecule has 0 aromatic heterocycles. The second kappa shape index (κ2) is 8.32. The monoisotopic (exact) mass is 288 g/mol. The molecule has 2 heteroatoms. The Balaban J connectivity index is 0.000000246. The first-order valence-corrected chi connectivity index (χ1v) is 7.13. The van der Waals surface area contributed by atoms with E-state index in [0.717, 1.165) is 11.4 Å². The first-order valence-electron chi connectivity index (χ1n) is 7.13. The maximum atomic E-state index is 5.65. The Labute approximate surface area is 131 Å². The summed E-state index contributed by atoms with van der Waals surface area (Å²) < 4.78 is 0. The minimum absolute atomic E-state index is 0.786. The van der Waals surface area contributed by atoms with Gasteiger partial charge in [0.2, 0.25) is 0 Å². The summed E-state index contributed by atoms with van der Waals surface area (Å²) in [6, 6.07) is 28.0. The Morgan fingerprint density at radius 2 is 1.09 bits per heavy atom. The van der Waals surface area contributed by atoms with Crippen LogP contribution < -0.4 is 11.1 Å². The molecule has 0 heterocycles. The highest BCUT2D eigenvalue weighted by atomic mass is 14.8. The number of hydrogen-bond donors (Lipinski definition) is 2. The predicted octanol–water partition coefficient (Wildman–Crippen LogP) is 5.18. The Bertz CT molecular complexity index is 644. The summed E-state index contributed by atoms with van der Waals surface area (Å²) in [4.78, 5) is 0. The van der Waals surface area contributed by atoms with Gasteiger partial charge in [-0.1, -0.05) is 67.2 Å². The minimum atomic E-state index is 0.786. The van der Waals surface area contributed by atoms with Crippen LogP contribution in [0.3, 0.4) is 0 Å². The second-order valence-electron chi connectivity index (χ2n) is 4.70. The van der Waals surface area contributed by atoms with Crippen molar-refractivity contribution in [2.45, 2.75) is 0 Å². The standard InChI is InChI=1S/C14H14N2.C6H6/c1-2-16-14-9-5-12(6-10-14)11-3-7-13(15)8-4-11;1-2-4-6-5-3-1/h2-10,16H,1,15H2;1-6H. The van der Waals surface area contributed by atoms with E-state index in [9.17, 15) is 0 Å². The number of anilines is 2. The van der Waals surface area contributed by atoms with E-state index in [-0.39, 0.29) is 0 Å². The van der Waals surface area contributed by atoms with Crippen molar-refractivity contribution in [3.63, 3.8) is 0 Å². The zero-order valence-corrected chi connectivity index (χ0v) is 12.4. The van der Waals surface area contributed by atoms with Crippen LogP contribution in [0.4, 0.5) is 11.4 Å². The molecular formula is C20H20N2. The van der Waals surface area contributed by atoms with Gasteiger partial charge in [-0.2, -0.15) is 0 Å². The van der Waals surface area contributed by atoms with Crippen molar-refractivity contribution >= 4 is 11.4 Å². The number of nitrogen functional groups attached to an aromatic ring is 1. The molecule has 0 aliphatic carbocycles. The van der Waals surface area contributed by atoms with Crippen LogP contribution in [0.15, 0.2) is 97.7 Å². The van der Waals surface area contributed by atoms with Crippen LogP contribution in [0.2, 0.25) is 0 Å². The lowest BCUT2D eigenvalue weighted by Crippen LogP contribution is -1.86. The lowest BCUT2D eigenvalue weighted by Gasteiger charge is -2.04. The topological polar surface area (TPSA) is 38.0 Å². The molecule has 0 fully saturated rings. The molecule has 0 bridgehead atoms. The van der Waals surface area contributed by atoms with Crippen LogP contribution in [-0.4, -0.2) is 0 Å². The Hall–Kier alpha value is -3.00. The van der Waals surface area contributed by atoms with Crippen LogP contribution in [0.5, 0.6) is 0 Å². The SMILES string of the molecule is C=CNc1ccc(-c2ccc(N)cc2)cc1.c1ccccc1. The van der Waals surface area contributed by atoms with E-state index in [0.29, 0.717) is 0 Å². The van der Waals surface area contributed by atoms with Gasteiger partial charge in [-0.3, -0.25) is 0 Å². The highest BCUT2D eigenvalue weighted by Gasteiger charge is 1.96. The summed E-state index contributed by atoms with van der Waals surface area (Å²) >= 11 is 0. The zero-order chi connectivity index (χ0) is 15.6. The number of benzene rings is 3. The van der Waals surface area contributed by atoms with E-state index in [1.165, 1.54) is 11.1 Å². The molecule has 0 spiro atoms. The van der Waals surface area contributed by atoms with E-state index in [1.54, 1.807) is 6.20 Å². The molecule has 3 aromatic carbocycles. The van der Waals surface area contributed by atoms with Gasteiger partial charge in [0.15, 0.2) is 0 Å². The third kappa shape index (κ3) is 4.84. The summed E-state index contributed by atoms with van der Waals surface area (Å²) in [5, 5.41) is 3.04. The molecule has 0 saturated heterocycles. The summed E-state index contributed by atoms with van der Waals surface area (Å²) in [5.74, 6) is 0. The molecule has 0 amide bonds. The van der Waals surface area contributed by atoms with E-state index in [4.69, 9.17) is 5.73 Å². The highest BCUT2D eigenvalue weighted by Crippen LogP contribution is 2.22. The van der Waals surface area contributed by atoms with Crippen molar-refractivity contribution in [2.24, 2.45) is 0 Å². The molecule has 0 aliphatic rings. The summed E-state index contributed by atoms with van der Waals surface area (Å²) in [6.07, 6.45) is 1.66. The van der Waals surface area contributed by atoms with Crippen molar-refractivity contribution in [3.05, 3.63) is 97.7 Å². The molecular weight excluding hydrogens is 268 g/mol. The van der Waals surface area contributed by atoms with Gasteiger partial charge < -0.3 is 11.1 Å². The van der Waals surface area contributed by atoms with E-state index in [2.05, 4.69) is 24.0 Å². The van der Waals surface area contributed by atoms with Gasteiger partial charge in [-0.15, -0.1) is 0 Å². The van der Waals surface area contributed by atoms with E-state index < -0.39 is 0 Å². The smallest absolute Gasteiger partial charge is 0.0379 e. The maximum absolute atomic E-state index is 5.65. The van der Waals surface area contributed by atoms with Crippen LogP contribution in [-0.2, 0) is 0 Å². The van der Waals surface area contributed by atoms with E-state index >= 15 is 0 Å². The Morgan fingerprint density at radius 1 is 0.682 bits per heavy atom. The lowest BCUT2D eigenvalue weighted by atomic mass is 10.1. The van der Waals surface area contributed by atoms with Crippen molar-refractivity contribution in [3.8, 4) is 11.1 Å².